The fraction of sp³-hybridized carbons (Fsp3) is 0.464. The van der Waals surface area contributed by atoms with Crippen molar-refractivity contribution in [3.8, 4) is 5.69 Å². The fourth-order valence-corrected chi connectivity index (χ4v) is 4.48. The summed E-state index contributed by atoms with van der Waals surface area (Å²) < 4.78 is 7.28. The van der Waals surface area contributed by atoms with Gasteiger partial charge < -0.3 is 15.0 Å². The van der Waals surface area contributed by atoms with Crippen LogP contribution < -0.4 is 10.9 Å². The van der Waals surface area contributed by atoms with Crippen LogP contribution in [0.5, 0.6) is 0 Å². The van der Waals surface area contributed by atoms with E-state index in [0.717, 1.165) is 54.8 Å². The van der Waals surface area contributed by atoms with Gasteiger partial charge in [-0.1, -0.05) is 25.5 Å². The molecule has 4 rings (SSSR count). The highest BCUT2D eigenvalue weighted by Gasteiger charge is 2.27. The number of benzene rings is 2. The molecule has 0 aliphatic carbocycles. The van der Waals surface area contributed by atoms with Crippen LogP contribution >= 0.6 is 0 Å². The summed E-state index contributed by atoms with van der Waals surface area (Å²) in [5, 5.41) is 4.17. The Morgan fingerprint density at radius 2 is 1.89 bits per heavy atom. The number of fused-ring (bicyclic) bond motifs is 1. The molecule has 1 N–H and O–H groups in total. The Balaban J connectivity index is 1.53. The first-order valence-electron chi connectivity index (χ1n) is 12.6. The van der Waals surface area contributed by atoms with Crippen molar-refractivity contribution in [2.75, 3.05) is 18.4 Å². The van der Waals surface area contributed by atoms with Gasteiger partial charge in [0.2, 0.25) is 0 Å². The predicted octanol–water partition coefficient (Wildman–Crippen LogP) is 5.54. The third-order valence-electron chi connectivity index (χ3n) is 6.17. The average molecular weight is 477 g/mol. The topological polar surface area (TPSA) is 76.5 Å². The van der Waals surface area contributed by atoms with E-state index in [1.807, 2.05) is 69.3 Å². The molecule has 0 radical (unpaired) electrons. The highest BCUT2D eigenvalue weighted by molar-refractivity contribution is 5.77. The maximum absolute atomic E-state index is 13.4. The number of anilines is 1. The molecule has 3 aromatic rings. The Bertz CT molecular complexity index is 1230. The van der Waals surface area contributed by atoms with Crippen molar-refractivity contribution in [2.45, 2.75) is 71.4 Å². The standard InChI is InChI=1S/C28H36N4O3/c1-5-6-13-25-30-24-12-8-7-11-23(24)26(33)32(25)22-16-14-20(15-17-22)29-21-10-9-18-31(19-21)27(34)35-28(2,3)4/h7-8,11-12,14-17,21,29H,5-6,9-10,13,18-19H2,1-4H3. The highest BCUT2D eigenvalue weighted by Crippen LogP contribution is 2.21. The zero-order valence-corrected chi connectivity index (χ0v) is 21.2. The smallest absolute Gasteiger partial charge is 0.410 e. The number of hydrogen-bond acceptors (Lipinski definition) is 5. The molecule has 1 fully saturated rings. The van der Waals surface area contributed by atoms with Gasteiger partial charge in [0.05, 0.1) is 16.6 Å². The van der Waals surface area contributed by atoms with Gasteiger partial charge in [-0.05, 0) is 76.4 Å². The van der Waals surface area contributed by atoms with Gasteiger partial charge >= 0.3 is 6.09 Å². The van der Waals surface area contributed by atoms with Crippen LogP contribution in [0.4, 0.5) is 10.5 Å². The van der Waals surface area contributed by atoms with Crippen LogP contribution in [0.15, 0.2) is 53.3 Å². The molecule has 1 unspecified atom stereocenters. The second kappa shape index (κ2) is 10.5. The van der Waals surface area contributed by atoms with Gasteiger partial charge in [0.1, 0.15) is 11.4 Å². The first-order valence-corrected chi connectivity index (χ1v) is 12.6. The van der Waals surface area contributed by atoms with E-state index in [9.17, 15) is 9.59 Å². The predicted molar refractivity (Wildman–Crippen MR) is 140 cm³/mol. The summed E-state index contributed by atoms with van der Waals surface area (Å²) in [5.41, 5.74) is 1.97. The fourth-order valence-electron chi connectivity index (χ4n) is 4.48. The van der Waals surface area contributed by atoms with E-state index in [1.165, 1.54) is 0 Å². The average Bonchev–Trinajstić information content (AvgIpc) is 2.83. The molecule has 0 spiro atoms. The second-order valence-electron chi connectivity index (χ2n) is 10.2. The van der Waals surface area contributed by atoms with Crippen LogP contribution in [-0.4, -0.2) is 45.3 Å². The molecule has 1 aliphatic heterocycles. The number of aromatic nitrogens is 2. The molecular formula is C28H36N4O3. The van der Waals surface area contributed by atoms with Gasteiger partial charge in [-0.25, -0.2) is 9.78 Å². The quantitative estimate of drug-likeness (QED) is 0.505. The monoisotopic (exact) mass is 476 g/mol. The van der Waals surface area contributed by atoms with Crippen molar-refractivity contribution in [3.63, 3.8) is 0 Å². The third kappa shape index (κ3) is 6.02. The molecule has 0 saturated carbocycles. The van der Waals surface area contributed by atoms with E-state index in [2.05, 4.69) is 12.2 Å². The van der Waals surface area contributed by atoms with E-state index in [-0.39, 0.29) is 17.7 Å². The molecule has 1 atom stereocenters. The summed E-state index contributed by atoms with van der Waals surface area (Å²) >= 11 is 0. The molecule has 186 valence electrons. The van der Waals surface area contributed by atoms with Crippen LogP contribution in [0.1, 0.15) is 59.2 Å². The lowest BCUT2D eigenvalue weighted by molar-refractivity contribution is 0.0206. The normalized spacial score (nSPS) is 16.3. The number of rotatable bonds is 6. The number of hydrogen-bond donors (Lipinski definition) is 1. The number of ether oxygens (including phenoxy) is 1. The third-order valence-corrected chi connectivity index (χ3v) is 6.17. The molecule has 1 saturated heterocycles. The zero-order valence-electron chi connectivity index (χ0n) is 21.2. The number of aryl methyl sites for hydroxylation is 1. The molecule has 7 heteroatoms. The molecule has 35 heavy (non-hydrogen) atoms. The summed E-state index contributed by atoms with van der Waals surface area (Å²) in [6.45, 7) is 9.11. The lowest BCUT2D eigenvalue weighted by Crippen LogP contribution is -2.46. The first-order chi connectivity index (χ1) is 16.7. The maximum Gasteiger partial charge on any atom is 0.410 e. The minimum absolute atomic E-state index is 0.0392. The van der Waals surface area contributed by atoms with Crippen molar-refractivity contribution >= 4 is 22.7 Å². The number of unbranched alkanes of at least 4 members (excludes halogenated alkanes) is 1. The molecule has 2 aromatic carbocycles. The molecule has 1 aliphatic rings. The van der Waals surface area contributed by atoms with Crippen LogP contribution in [0.2, 0.25) is 0 Å². The van der Waals surface area contributed by atoms with E-state index >= 15 is 0 Å². The number of carbonyl (C=O) groups excluding carboxylic acids is 1. The largest absolute Gasteiger partial charge is 0.444 e. The van der Waals surface area contributed by atoms with E-state index in [1.54, 1.807) is 9.47 Å². The van der Waals surface area contributed by atoms with Gasteiger partial charge in [0, 0.05) is 31.2 Å². The minimum atomic E-state index is -0.501. The van der Waals surface area contributed by atoms with Crippen molar-refractivity contribution < 1.29 is 9.53 Å². The zero-order chi connectivity index (χ0) is 25.0. The number of para-hydroxylation sites is 1. The number of nitrogens with one attached hydrogen (secondary N) is 1. The number of nitrogens with zero attached hydrogens (tertiary/aromatic N) is 3. The van der Waals surface area contributed by atoms with Gasteiger partial charge in [0.15, 0.2) is 0 Å². The van der Waals surface area contributed by atoms with Gasteiger partial charge in [-0.15, -0.1) is 0 Å². The number of likely N-dealkylation sites (tertiary alicyclic amines) is 1. The molecule has 1 amide bonds. The lowest BCUT2D eigenvalue weighted by Gasteiger charge is -2.34. The highest BCUT2D eigenvalue weighted by atomic mass is 16.6. The van der Waals surface area contributed by atoms with Crippen molar-refractivity contribution in [2.24, 2.45) is 0 Å². The Hall–Kier alpha value is -3.35. The summed E-state index contributed by atoms with van der Waals surface area (Å²) in [6, 6.07) is 15.6. The van der Waals surface area contributed by atoms with E-state index < -0.39 is 5.60 Å². The van der Waals surface area contributed by atoms with Crippen LogP contribution in [-0.2, 0) is 11.2 Å². The van der Waals surface area contributed by atoms with Gasteiger partial charge in [0.25, 0.3) is 5.56 Å². The Kier molecular flexibility index (Phi) is 7.43. The van der Waals surface area contributed by atoms with E-state index in [0.29, 0.717) is 18.5 Å². The number of amides is 1. The molecule has 0 bridgehead atoms. The number of carbonyl (C=O) groups is 1. The summed E-state index contributed by atoms with van der Waals surface area (Å²) in [4.78, 5) is 32.4. The summed E-state index contributed by atoms with van der Waals surface area (Å²) in [7, 11) is 0. The number of piperidine rings is 1. The second-order valence-corrected chi connectivity index (χ2v) is 10.2. The summed E-state index contributed by atoms with van der Waals surface area (Å²) in [6.07, 6.45) is 4.40. The Labute approximate surface area is 207 Å². The lowest BCUT2D eigenvalue weighted by atomic mass is 10.1. The Morgan fingerprint density at radius 3 is 2.60 bits per heavy atom. The van der Waals surface area contributed by atoms with Crippen LogP contribution in [0, 0.1) is 0 Å². The van der Waals surface area contributed by atoms with Crippen molar-refractivity contribution in [3.05, 3.63) is 64.7 Å². The molecular weight excluding hydrogens is 440 g/mol. The summed E-state index contributed by atoms with van der Waals surface area (Å²) in [5.74, 6) is 0.788. The first kappa shape index (κ1) is 24.8. The van der Waals surface area contributed by atoms with Gasteiger partial charge in [-0.2, -0.15) is 0 Å². The molecule has 1 aromatic heterocycles. The SMILES string of the molecule is CCCCc1nc2ccccc2c(=O)n1-c1ccc(NC2CCCN(C(=O)OC(C)(C)C)C2)cc1. The van der Waals surface area contributed by atoms with E-state index in [4.69, 9.17) is 9.72 Å². The molecule has 2 heterocycles. The van der Waals surface area contributed by atoms with Crippen molar-refractivity contribution in [1.29, 1.82) is 0 Å². The maximum atomic E-state index is 13.4. The molecule has 7 nitrogen and oxygen atoms in total. The van der Waals surface area contributed by atoms with Crippen molar-refractivity contribution in [1.82, 2.24) is 14.5 Å². The van der Waals surface area contributed by atoms with Gasteiger partial charge in [-0.3, -0.25) is 9.36 Å². The minimum Gasteiger partial charge on any atom is -0.444 e. The Morgan fingerprint density at radius 1 is 1.14 bits per heavy atom. The van der Waals surface area contributed by atoms with Crippen LogP contribution in [0.25, 0.3) is 16.6 Å². The van der Waals surface area contributed by atoms with Crippen LogP contribution in [0.3, 0.4) is 0 Å².